The van der Waals surface area contributed by atoms with Gasteiger partial charge in [0.2, 0.25) is 0 Å². The molecule has 1 aromatic heterocycles. The van der Waals surface area contributed by atoms with Crippen molar-refractivity contribution < 1.29 is 19.1 Å². The normalized spacial score (nSPS) is 24.9. The molecule has 3 fully saturated rings. The average Bonchev–Trinajstić information content (AvgIpc) is 3.71. The van der Waals surface area contributed by atoms with Crippen LogP contribution in [-0.2, 0) is 11.8 Å². The smallest absolute Gasteiger partial charge is 0.290 e. The zero-order chi connectivity index (χ0) is 25.7. The number of nitrogens with zero attached hydrogens (tertiary/aromatic N) is 3. The molecule has 0 bridgehead atoms. The summed E-state index contributed by atoms with van der Waals surface area (Å²) in [5.41, 5.74) is 3.76. The molecular weight excluding hydrogens is 469 g/mol. The first-order valence-electron chi connectivity index (χ1n) is 13.7. The summed E-state index contributed by atoms with van der Waals surface area (Å²) in [4.78, 5) is 33.4. The lowest BCUT2D eigenvalue weighted by Crippen LogP contribution is -2.38. The van der Waals surface area contributed by atoms with Crippen LogP contribution in [0.15, 0.2) is 36.4 Å². The molecule has 0 spiro atoms. The Morgan fingerprint density at radius 2 is 1.78 bits per heavy atom. The number of imidazole rings is 1. The third-order valence-corrected chi connectivity index (χ3v) is 8.71. The number of amides is 1. The summed E-state index contributed by atoms with van der Waals surface area (Å²) in [6.45, 7) is 0.617. The fourth-order valence-corrected chi connectivity index (χ4v) is 6.40. The van der Waals surface area contributed by atoms with Gasteiger partial charge in [-0.1, -0.05) is 18.2 Å². The van der Waals surface area contributed by atoms with E-state index in [9.17, 15) is 19.1 Å². The van der Waals surface area contributed by atoms with Gasteiger partial charge in [0.1, 0.15) is 5.82 Å². The molecule has 3 aromatic rings. The fourth-order valence-electron chi connectivity index (χ4n) is 6.40. The SMILES string of the molecule is Cn1c(C(=O)N2CCCC(C3CCC(O)CC3)C(=O)C2)nc2c(-c3ccccc3F)cc(C3CC3)cc21. The van der Waals surface area contributed by atoms with Gasteiger partial charge in [-0.25, -0.2) is 9.37 Å². The zero-order valence-corrected chi connectivity index (χ0v) is 21.3. The van der Waals surface area contributed by atoms with E-state index in [0.29, 0.717) is 35.0 Å². The number of hydrogen-bond acceptors (Lipinski definition) is 4. The van der Waals surface area contributed by atoms with Crippen LogP contribution in [0.2, 0.25) is 0 Å². The van der Waals surface area contributed by atoms with E-state index in [0.717, 1.165) is 62.4 Å². The van der Waals surface area contributed by atoms with Crippen molar-refractivity contribution >= 4 is 22.7 Å². The van der Waals surface area contributed by atoms with Crippen molar-refractivity contribution in [2.24, 2.45) is 18.9 Å². The molecule has 2 aromatic carbocycles. The molecule has 3 aliphatic rings. The third kappa shape index (κ3) is 4.58. The quantitative estimate of drug-likeness (QED) is 0.529. The highest BCUT2D eigenvalue weighted by Crippen LogP contribution is 2.44. The van der Waals surface area contributed by atoms with Crippen LogP contribution < -0.4 is 0 Å². The molecule has 2 heterocycles. The maximum Gasteiger partial charge on any atom is 0.290 e. The van der Waals surface area contributed by atoms with Crippen molar-refractivity contribution in [2.45, 2.75) is 63.4 Å². The minimum absolute atomic E-state index is 0.0421. The Morgan fingerprint density at radius 1 is 1.03 bits per heavy atom. The second kappa shape index (κ2) is 9.67. The number of Topliss-reactive ketones (excluding diaryl/α,β-unsaturated/α-hetero) is 1. The third-order valence-electron chi connectivity index (χ3n) is 8.71. The molecule has 194 valence electrons. The predicted molar refractivity (Wildman–Crippen MR) is 140 cm³/mol. The highest BCUT2D eigenvalue weighted by molar-refractivity contribution is 6.01. The standard InChI is InChI=1S/C30H34FN3O3/c1-33-26-16-20(18-8-9-18)15-24(23-5-2-3-7-25(23)31)28(26)32-29(33)30(37)34-14-4-6-22(27(36)17-34)19-10-12-21(35)13-11-19/h2-3,5,7,15-16,18-19,21-22,35H,4,6,8-14,17H2,1H3. The molecule has 1 atom stereocenters. The Kier molecular flexibility index (Phi) is 6.35. The first kappa shape index (κ1) is 24.3. The number of aromatic nitrogens is 2. The van der Waals surface area contributed by atoms with Gasteiger partial charge in [-0.2, -0.15) is 0 Å². The number of fused-ring (bicyclic) bond motifs is 1. The van der Waals surface area contributed by atoms with Crippen LogP contribution in [0.4, 0.5) is 4.39 Å². The first-order valence-corrected chi connectivity index (χ1v) is 13.7. The molecule has 37 heavy (non-hydrogen) atoms. The maximum atomic E-state index is 14.8. The molecule has 2 aliphatic carbocycles. The van der Waals surface area contributed by atoms with E-state index in [4.69, 9.17) is 4.98 Å². The number of hydrogen-bond donors (Lipinski definition) is 1. The molecule has 1 aliphatic heterocycles. The number of aliphatic hydroxyl groups excluding tert-OH is 1. The van der Waals surface area contributed by atoms with Crippen molar-refractivity contribution in [3.8, 4) is 11.1 Å². The molecule has 1 amide bonds. The van der Waals surface area contributed by atoms with Gasteiger partial charge in [0.05, 0.1) is 23.7 Å². The number of aliphatic hydroxyl groups is 1. The molecule has 1 N–H and O–H groups in total. The number of carbonyl (C=O) groups excluding carboxylic acids is 2. The summed E-state index contributed by atoms with van der Waals surface area (Å²) in [5, 5.41) is 9.86. The van der Waals surface area contributed by atoms with Crippen molar-refractivity contribution in [3.63, 3.8) is 0 Å². The predicted octanol–water partition coefficient (Wildman–Crippen LogP) is 5.23. The number of ketones is 1. The van der Waals surface area contributed by atoms with Crippen LogP contribution >= 0.6 is 0 Å². The fraction of sp³-hybridized carbons (Fsp3) is 0.500. The van der Waals surface area contributed by atoms with Crippen LogP contribution in [-0.4, -0.2) is 50.4 Å². The minimum Gasteiger partial charge on any atom is -0.393 e. The van der Waals surface area contributed by atoms with E-state index in [1.54, 1.807) is 17.0 Å². The maximum absolute atomic E-state index is 14.8. The van der Waals surface area contributed by atoms with Gasteiger partial charge in [-0.15, -0.1) is 0 Å². The second-order valence-corrected chi connectivity index (χ2v) is 11.2. The number of rotatable bonds is 4. The second-order valence-electron chi connectivity index (χ2n) is 11.2. The van der Waals surface area contributed by atoms with E-state index in [1.807, 2.05) is 23.7 Å². The Labute approximate surface area is 216 Å². The molecule has 6 nitrogen and oxygen atoms in total. The number of benzene rings is 2. The van der Waals surface area contributed by atoms with Crippen molar-refractivity contribution in [1.82, 2.24) is 14.5 Å². The summed E-state index contributed by atoms with van der Waals surface area (Å²) in [6.07, 6.45) is 6.80. The number of carbonyl (C=O) groups is 2. The van der Waals surface area contributed by atoms with E-state index in [1.165, 1.54) is 6.07 Å². The molecule has 0 radical (unpaired) electrons. The Hall–Kier alpha value is -3.06. The summed E-state index contributed by atoms with van der Waals surface area (Å²) < 4.78 is 16.7. The average molecular weight is 504 g/mol. The monoisotopic (exact) mass is 503 g/mol. The van der Waals surface area contributed by atoms with Crippen molar-refractivity contribution in [1.29, 1.82) is 0 Å². The van der Waals surface area contributed by atoms with Crippen LogP contribution in [0.5, 0.6) is 0 Å². The van der Waals surface area contributed by atoms with Gasteiger partial charge < -0.3 is 14.6 Å². The number of aryl methyl sites for hydroxylation is 1. The van der Waals surface area contributed by atoms with E-state index in [-0.39, 0.29) is 41.9 Å². The van der Waals surface area contributed by atoms with Gasteiger partial charge in [0.15, 0.2) is 11.6 Å². The Bertz CT molecular complexity index is 1350. The van der Waals surface area contributed by atoms with E-state index >= 15 is 0 Å². The summed E-state index contributed by atoms with van der Waals surface area (Å²) in [5.74, 6) is 0.561. The van der Waals surface area contributed by atoms with E-state index in [2.05, 4.69) is 6.07 Å². The summed E-state index contributed by atoms with van der Waals surface area (Å²) in [6, 6.07) is 10.8. The van der Waals surface area contributed by atoms with Gasteiger partial charge in [-0.05, 0) is 87.0 Å². The van der Waals surface area contributed by atoms with Gasteiger partial charge in [0, 0.05) is 30.6 Å². The van der Waals surface area contributed by atoms with Gasteiger partial charge >= 0.3 is 0 Å². The van der Waals surface area contributed by atoms with Crippen LogP contribution in [0.1, 0.15) is 73.5 Å². The molecule has 1 unspecified atom stereocenters. The molecule has 6 rings (SSSR count). The van der Waals surface area contributed by atoms with Crippen LogP contribution in [0, 0.1) is 17.7 Å². The minimum atomic E-state index is -0.310. The lowest BCUT2D eigenvalue weighted by Gasteiger charge is -2.30. The highest BCUT2D eigenvalue weighted by Gasteiger charge is 2.36. The first-order chi connectivity index (χ1) is 17.9. The van der Waals surface area contributed by atoms with Crippen LogP contribution in [0.3, 0.4) is 0 Å². The van der Waals surface area contributed by atoms with Gasteiger partial charge in [0.25, 0.3) is 5.91 Å². The molecule has 2 saturated carbocycles. The highest BCUT2D eigenvalue weighted by atomic mass is 19.1. The lowest BCUT2D eigenvalue weighted by atomic mass is 9.75. The number of halogens is 1. The van der Waals surface area contributed by atoms with E-state index < -0.39 is 0 Å². The Balaban J connectivity index is 1.32. The van der Waals surface area contributed by atoms with Crippen molar-refractivity contribution in [2.75, 3.05) is 13.1 Å². The molecular formula is C30H34FN3O3. The topological polar surface area (TPSA) is 75.4 Å². The van der Waals surface area contributed by atoms with Crippen molar-refractivity contribution in [3.05, 3.63) is 53.6 Å². The number of likely N-dealkylation sites (tertiary alicyclic amines) is 1. The van der Waals surface area contributed by atoms with Crippen LogP contribution in [0.25, 0.3) is 22.2 Å². The summed E-state index contributed by atoms with van der Waals surface area (Å²) >= 11 is 0. The Morgan fingerprint density at radius 3 is 2.51 bits per heavy atom. The molecule has 1 saturated heterocycles. The zero-order valence-electron chi connectivity index (χ0n) is 21.3. The largest absolute Gasteiger partial charge is 0.393 e. The lowest BCUT2D eigenvalue weighted by molar-refractivity contribution is -0.125. The molecule has 7 heteroatoms. The van der Waals surface area contributed by atoms with Gasteiger partial charge in [-0.3, -0.25) is 9.59 Å². The summed E-state index contributed by atoms with van der Waals surface area (Å²) in [7, 11) is 1.83.